The van der Waals surface area contributed by atoms with Crippen LogP contribution in [0, 0.1) is 0 Å². The van der Waals surface area contributed by atoms with Crippen molar-refractivity contribution in [1.29, 1.82) is 0 Å². The standard InChI is InChI=1S/C17H19N5O3/c23-14-6-5-13(16(24)20-14)18-15-11-3-1-2-4-12(11)19-17(21-15)22-7-9-25-10-8-22/h1-4,13H,5-10H2,(H,18,19,21)(H,20,23,24). The highest BCUT2D eigenvalue weighted by Crippen LogP contribution is 2.25. The van der Waals surface area contributed by atoms with Crippen LogP contribution >= 0.6 is 0 Å². The number of nitrogens with one attached hydrogen (secondary N) is 2. The minimum atomic E-state index is -0.478. The number of hydrogen-bond acceptors (Lipinski definition) is 7. The van der Waals surface area contributed by atoms with Gasteiger partial charge in [0.05, 0.1) is 18.7 Å². The molecule has 4 rings (SSSR count). The number of rotatable bonds is 3. The quantitative estimate of drug-likeness (QED) is 0.793. The Morgan fingerprint density at radius 1 is 1.16 bits per heavy atom. The van der Waals surface area contributed by atoms with Crippen LogP contribution in [-0.2, 0) is 14.3 Å². The Balaban J connectivity index is 1.68. The molecule has 0 bridgehead atoms. The summed E-state index contributed by atoms with van der Waals surface area (Å²) in [6, 6.07) is 7.21. The van der Waals surface area contributed by atoms with Crippen LogP contribution in [0.15, 0.2) is 24.3 Å². The van der Waals surface area contributed by atoms with Crippen molar-refractivity contribution < 1.29 is 14.3 Å². The van der Waals surface area contributed by atoms with Gasteiger partial charge < -0.3 is 15.0 Å². The first-order valence-corrected chi connectivity index (χ1v) is 8.40. The maximum atomic E-state index is 12.1. The van der Waals surface area contributed by atoms with Crippen LogP contribution in [0.5, 0.6) is 0 Å². The van der Waals surface area contributed by atoms with Crippen LogP contribution in [0.1, 0.15) is 12.8 Å². The molecule has 2 fully saturated rings. The van der Waals surface area contributed by atoms with Crippen molar-refractivity contribution in [3.8, 4) is 0 Å². The van der Waals surface area contributed by atoms with Crippen LogP contribution in [0.2, 0.25) is 0 Å². The SMILES string of the molecule is O=C1CCC(Nc2nc(N3CCOCC3)nc3ccccc23)C(=O)N1. The fourth-order valence-corrected chi connectivity index (χ4v) is 3.08. The van der Waals surface area contributed by atoms with Crippen LogP contribution in [0.25, 0.3) is 10.9 Å². The predicted octanol–water partition coefficient (Wildman–Crippen LogP) is 0.683. The number of carbonyl (C=O) groups is 2. The summed E-state index contributed by atoms with van der Waals surface area (Å²) in [4.78, 5) is 34.8. The molecule has 0 spiro atoms. The molecule has 130 valence electrons. The second kappa shape index (κ2) is 6.64. The van der Waals surface area contributed by atoms with E-state index in [0.717, 1.165) is 24.0 Å². The molecule has 2 aromatic rings. The first kappa shape index (κ1) is 15.8. The molecule has 0 radical (unpaired) electrons. The van der Waals surface area contributed by atoms with Crippen molar-refractivity contribution >= 4 is 34.5 Å². The summed E-state index contributed by atoms with van der Waals surface area (Å²) >= 11 is 0. The van der Waals surface area contributed by atoms with E-state index in [4.69, 9.17) is 4.74 Å². The number of para-hydroxylation sites is 1. The third-order valence-corrected chi connectivity index (χ3v) is 4.44. The molecule has 8 nitrogen and oxygen atoms in total. The van der Waals surface area contributed by atoms with Gasteiger partial charge in [-0.25, -0.2) is 4.98 Å². The largest absolute Gasteiger partial charge is 0.378 e. The zero-order chi connectivity index (χ0) is 17.2. The third kappa shape index (κ3) is 3.25. The zero-order valence-electron chi connectivity index (χ0n) is 13.7. The lowest BCUT2D eigenvalue weighted by Gasteiger charge is -2.28. The lowest BCUT2D eigenvalue weighted by Crippen LogP contribution is -2.47. The minimum Gasteiger partial charge on any atom is -0.378 e. The number of benzene rings is 1. The van der Waals surface area contributed by atoms with Crippen LogP contribution in [0.3, 0.4) is 0 Å². The first-order chi connectivity index (χ1) is 12.2. The number of piperidine rings is 1. The normalized spacial score (nSPS) is 21.3. The van der Waals surface area contributed by atoms with E-state index in [1.165, 1.54) is 0 Å². The van der Waals surface area contributed by atoms with E-state index in [-0.39, 0.29) is 11.8 Å². The number of carbonyl (C=O) groups excluding carboxylic acids is 2. The second-order valence-electron chi connectivity index (χ2n) is 6.14. The van der Waals surface area contributed by atoms with Crippen LogP contribution < -0.4 is 15.5 Å². The van der Waals surface area contributed by atoms with Crippen molar-refractivity contribution in [3.63, 3.8) is 0 Å². The van der Waals surface area contributed by atoms with E-state index in [2.05, 4.69) is 25.5 Å². The molecule has 0 saturated carbocycles. The van der Waals surface area contributed by atoms with E-state index in [9.17, 15) is 9.59 Å². The maximum Gasteiger partial charge on any atom is 0.249 e. The molecular weight excluding hydrogens is 322 g/mol. The molecule has 25 heavy (non-hydrogen) atoms. The molecule has 8 heteroatoms. The number of imide groups is 1. The Morgan fingerprint density at radius 3 is 2.76 bits per heavy atom. The van der Waals surface area contributed by atoms with Gasteiger partial charge in [0.1, 0.15) is 11.9 Å². The molecular formula is C17H19N5O3. The molecule has 2 aliphatic heterocycles. The first-order valence-electron chi connectivity index (χ1n) is 8.40. The van der Waals surface area contributed by atoms with Crippen molar-refractivity contribution in [2.24, 2.45) is 0 Å². The molecule has 0 aliphatic carbocycles. The van der Waals surface area contributed by atoms with E-state index < -0.39 is 6.04 Å². The summed E-state index contributed by atoms with van der Waals surface area (Å²) in [6.07, 6.45) is 0.776. The summed E-state index contributed by atoms with van der Waals surface area (Å²) in [7, 11) is 0. The number of morpholine rings is 1. The van der Waals surface area contributed by atoms with Gasteiger partial charge in [0.2, 0.25) is 17.8 Å². The fraction of sp³-hybridized carbons (Fsp3) is 0.412. The summed E-state index contributed by atoms with van der Waals surface area (Å²) in [5, 5.41) is 6.42. The summed E-state index contributed by atoms with van der Waals surface area (Å²) < 4.78 is 5.39. The number of hydrogen-bond donors (Lipinski definition) is 2. The van der Waals surface area contributed by atoms with Gasteiger partial charge in [0.25, 0.3) is 0 Å². The molecule has 2 saturated heterocycles. The number of ether oxygens (including phenoxy) is 1. The van der Waals surface area contributed by atoms with Crippen molar-refractivity contribution in [2.45, 2.75) is 18.9 Å². The van der Waals surface area contributed by atoms with Gasteiger partial charge in [-0.05, 0) is 18.6 Å². The Labute approximate surface area is 144 Å². The number of anilines is 2. The summed E-state index contributed by atoms with van der Waals surface area (Å²) in [6.45, 7) is 2.75. The molecule has 1 aromatic heterocycles. The number of nitrogens with zero attached hydrogens (tertiary/aromatic N) is 3. The Hall–Kier alpha value is -2.74. The number of amides is 2. The highest BCUT2D eigenvalue weighted by atomic mass is 16.5. The lowest BCUT2D eigenvalue weighted by molar-refractivity contribution is -0.133. The van der Waals surface area contributed by atoms with Crippen molar-refractivity contribution in [2.75, 3.05) is 36.5 Å². The number of aromatic nitrogens is 2. The Bertz CT molecular complexity index is 819. The minimum absolute atomic E-state index is 0.232. The zero-order valence-corrected chi connectivity index (χ0v) is 13.7. The second-order valence-corrected chi connectivity index (χ2v) is 6.14. The summed E-state index contributed by atoms with van der Waals surface area (Å²) in [5.41, 5.74) is 0.814. The smallest absolute Gasteiger partial charge is 0.249 e. The molecule has 1 atom stereocenters. The molecule has 2 aliphatic rings. The van der Waals surface area contributed by atoms with E-state index in [1.807, 2.05) is 24.3 Å². The fourth-order valence-electron chi connectivity index (χ4n) is 3.08. The number of fused-ring (bicyclic) bond motifs is 1. The van der Waals surface area contributed by atoms with Gasteiger partial charge in [0.15, 0.2) is 0 Å². The van der Waals surface area contributed by atoms with Gasteiger partial charge in [-0.3, -0.25) is 14.9 Å². The molecule has 1 unspecified atom stereocenters. The van der Waals surface area contributed by atoms with Crippen molar-refractivity contribution in [3.05, 3.63) is 24.3 Å². The van der Waals surface area contributed by atoms with Gasteiger partial charge in [-0.15, -0.1) is 0 Å². The average molecular weight is 341 g/mol. The van der Waals surface area contributed by atoms with E-state index >= 15 is 0 Å². The highest BCUT2D eigenvalue weighted by Gasteiger charge is 2.27. The van der Waals surface area contributed by atoms with E-state index in [0.29, 0.717) is 37.8 Å². The van der Waals surface area contributed by atoms with Crippen LogP contribution in [0.4, 0.5) is 11.8 Å². The predicted molar refractivity (Wildman–Crippen MR) is 92.4 cm³/mol. The van der Waals surface area contributed by atoms with Gasteiger partial charge in [-0.2, -0.15) is 4.98 Å². The Kier molecular flexibility index (Phi) is 4.19. The molecule has 1 aromatic carbocycles. The van der Waals surface area contributed by atoms with Crippen LogP contribution in [-0.4, -0.2) is 54.1 Å². The Morgan fingerprint density at radius 2 is 1.96 bits per heavy atom. The molecule has 2 amide bonds. The monoisotopic (exact) mass is 341 g/mol. The third-order valence-electron chi connectivity index (χ3n) is 4.44. The molecule has 2 N–H and O–H groups in total. The van der Waals surface area contributed by atoms with Gasteiger partial charge in [0, 0.05) is 24.9 Å². The molecule has 3 heterocycles. The highest BCUT2D eigenvalue weighted by molar-refractivity contribution is 6.02. The summed E-state index contributed by atoms with van der Waals surface area (Å²) in [5.74, 6) is 0.690. The topological polar surface area (TPSA) is 96.5 Å². The van der Waals surface area contributed by atoms with Crippen molar-refractivity contribution in [1.82, 2.24) is 15.3 Å². The van der Waals surface area contributed by atoms with Gasteiger partial charge in [-0.1, -0.05) is 12.1 Å². The maximum absolute atomic E-state index is 12.1. The van der Waals surface area contributed by atoms with E-state index in [1.54, 1.807) is 0 Å². The van der Waals surface area contributed by atoms with Gasteiger partial charge >= 0.3 is 0 Å². The lowest BCUT2D eigenvalue weighted by atomic mass is 10.1. The average Bonchev–Trinajstić information content (AvgIpc) is 2.64.